The lowest BCUT2D eigenvalue weighted by molar-refractivity contribution is -0.291. The molecule has 10 atom stereocenters. The zero-order chi connectivity index (χ0) is 43.9. The number of amides is 1. The Labute approximate surface area is 348 Å². The van der Waals surface area contributed by atoms with Crippen molar-refractivity contribution in [2.24, 2.45) is 10.8 Å². The Hall–Kier alpha value is -3.69. The number of unbranched alkanes of at least 4 members (excludes halogenated alkanes) is 5. The van der Waals surface area contributed by atoms with Crippen LogP contribution in [0.2, 0.25) is 0 Å². The summed E-state index contributed by atoms with van der Waals surface area (Å²) in [5.41, 5.74) is -5.83. The van der Waals surface area contributed by atoms with E-state index in [0.717, 1.165) is 32.1 Å². The molecule has 59 heavy (non-hydrogen) atoms. The number of benzene rings is 1. The Balaban J connectivity index is 1.73. The summed E-state index contributed by atoms with van der Waals surface area (Å²) in [6.07, 6.45) is -3.10. The fourth-order valence-electron chi connectivity index (χ4n) is 9.28. The number of rotatable bonds is 20. The lowest BCUT2D eigenvalue weighted by Gasteiger charge is -2.57. The molecule has 1 aromatic rings. The second-order valence-corrected chi connectivity index (χ2v) is 17.6. The third-order valence-electron chi connectivity index (χ3n) is 13.1. The number of aliphatic hydroxyl groups is 4. The minimum atomic E-state index is -2.07. The van der Waals surface area contributed by atoms with E-state index in [2.05, 4.69) is 12.2 Å². The number of nitrogens with one attached hydrogen (secondary N) is 1. The number of esters is 3. The fourth-order valence-corrected chi connectivity index (χ4v) is 9.28. The van der Waals surface area contributed by atoms with Crippen LogP contribution < -0.4 is 5.32 Å². The van der Waals surface area contributed by atoms with E-state index >= 15 is 0 Å². The Morgan fingerprint density at radius 2 is 1.58 bits per heavy atom. The average molecular weight is 830 g/mol. The van der Waals surface area contributed by atoms with E-state index in [1.807, 2.05) is 6.92 Å². The van der Waals surface area contributed by atoms with Crippen LogP contribution in [0, 0.1) is 10.8 Å². The van der Waals surface area contributed by atoms with Crippen molar-refractivity contribution >= 4 is 29.6 Å². The Morgan fingerprint density at radius 1 is 0.949 bits per heavy atom. The molecule has 0 radical (unpaired) electrons. The van der Waals surface area contributed by atoms with Crippen LogP contribution in [0.3, 0.4) is 0 Å². The molecule has 4 rings (SSSR count). The van der Waals surface area contributed by atoms with Gasteiger partial charge in [-0.3, -0.25) is 19.2 Å². The number of carbonyl (C=O) groups excluding carboxylic acids is 5. The number of Topliss-reactive ketones (excluding diaryl/α,β-unsaturated/α-hetero) is 1. The summed E-state index contributed by atoms with van der Waals surface area (Å²) >= 11 is 0. The molecule has 1 aliphatic heterocycles. The number of hydrogen-bond donors (Lipinski definition) is 5. The monoisotopic (exact) mass is 829 g/mol. The summed E-state index contributed by atoms with van der Waals surface area (Å²) in [5, 5.41) is 50.8. The van der Waals surface area contributed by atoms with E-state index in [1.165, 1.54) is 20.8 Å². The maximum Gasteiger partial charge on any atom is 0.338 e. The summed E-state index contributed by atoms with van der Waals surface area (Å²) in [6.45, 7) is 13.0. The van der Waals surface area contributed by atoms with E-state index in [0.29, 0.717) is 18.4 Å². The van der Waals surface area contributed by atoms with Gasteiger partial charge >= 0.3 is 17.9 Å². The smallest absolute Gasteiger partial charge is 0.338 e. The highest BCUT2D eigenvalue weighted by atomic mass is 16.6. The molecule has 2 aliphatic carbocycles. The van der Waals surface area contributed by atoms with Gasteiger partial charge in [0.2, 0.25) is 5.91 Å². The zero-order valence-electron chi connectivity index (χ0n) is 36.1. The van der Waals surface area contributed by atoms with Gasteiger partial charge in [-0.25, -0.2) is 4.79 Å². The van der Waals surface area contributed by atoms with Crippen LogP contribution >= 0.6 is 0 Å². The molecule has 1 amide bonds. The second kappa shape index (κ2) is 19.8. The summed E-state index contributed by atoms with van der Waals surface area (Å²) < 4.78 is 23.1. The van der Waals surface area contributed by atoms with Crippen molar-refractivity contribution < 1.29 is 63.3 Å². The van der Waals surface area contributed by atoms with E-state index in [4.69, 9.17) is 18.9 Å². The molecule has 0 bridgehead atoms. The van der Waals surface area contributed by atoms with Gasteiger partial charge in [0.25, 0.3) is 0 Å². The number of ketones is 1. The van der Waals surface area contributed by atoms with Crippen molar-refractivity contribution in [1.29, 1.82) is 0 Å². The molecule has 14 heteroatoms. The lowest BCUT2D eigenvalue weighted by atomic mass is 9.55. The van der Waals surface area contributed by atoms with Crippen molar-refractivity contribution in [3.05, 3.63) is 47.0 Å². The van der Waals surface area contributed by atoms with Crippen molar-refractivity contribution in [1.82, 2.24) is 5.32 Å². The second-order valence-electron chi connectivity index (χ2n) is 17.6. The first-order valence-corrected chi connectivity index (χ1v) is 21.3. The largest absolute Gasteiger partial charge is 0.460 e. The Bertz CT molecular complexity index is 1690. The van der Waals surface area contributed by atoms with Gasteiger partial charge in [0, 0.05) is 44.4 Å². The highest BCUT2D eigenvalue weighted by molar-refractivity contribution is 5.92. The van der Waals surface area contributed by atoms with Crippen molar-refractivity contribution in [3.63, 3.8) is 0 Å². The van der Waals surface area contributed by atoms with Crippen molar-refractivity contribution in [2.75, 3.05) is 6.61 Å². The fraction of sp³-hybridized carbons (Fsp3) is 0.711. The number of fused-ring (bicyclic) bond motifs is 1. The van der Waals surface area contributed by atoms with Crippen LogP contribution in [0.4, 0.5) is 0 Å². The van der Waals surface area contributed by atoms with Gasteiger partial charge in [-0.2, -0.15) is 0 Å². The first-order chi connectivity index (χ1) is 27.7. The molecule has 2 fully saturated rings. The summed E-state index contributed by atoms with van der Waals surface area (Å²) in [7, 11) is 0. The highest BCUT2D eigenvalue weighted by Crippen LogP contribution is 2.55. The molecule has 1 unspecified atom stereocenters. The van der Waals surface area contributed by atoms with E-state index < -0.39 is 88.4 Å². The summed E-state index contributed by atoms with van der Waals surface area (Å²) in [5.74, 6) is -3.48. The topological polar surface area (TPSA) is 215 Å². The van der Waals surface area contributed by atoms with E-state index in [-0.39, 0.29) is 55.8 Å². The standard InChI is InChI=1S/C45H67NO13/c1-9-11-13-18-21-34(49)46-37(30-19-16-14-17-20-30)39(52)41(54)58-31-24-45(55,28(4)57-35(50)22-15-12-10-2)42(6,7)36(27(31)3)38(51)40(53)43(8)25-44(59-29(5)47)26-56-33(44)23-32(43)48/h14,16-17,19-20,28,31-33,37-39,48,51-52,55H,9-13,15,18,21-26H2,1-8H3,(H,46,49)/t28-,31?,32-,33+,37-,38+,39+,43-,44-,45+/m0/s1. The maximum absolute atomic E-state index is 14.7. The molecule has 5 N–H and O–H groups in total. The van der Waals surface area contributed by atoms with Crippen LogP contribution in [0.1, 0.15) is 144 Å². The first-order valence-electron chi connectivity index (χ1n) is 21.3. The van der Waals surface area contributed by atoms with E-state index in [9.17, 15) is 44.4 Å². The predicted octanol–water partition coefficient (Wildman–Crippen LogP) is 4.87. The van der Waals surface area contributed by atoms with Crippen molar-refractivity contribution in [2.45, 2.75) is 186 Å². The number of aliphatic hydroxyl groups excluding tert-OH is 3. The molecular weight excluding hydrogens is 762 g/mol. The molecule has 1 saturated carbocycles. The van der Waals surface area contributed by atoms with Gasteiger partial charge in [-0.15, -0.1) is 0 Å². The predicted molar refractivity (Wildman–Crippen MR) is 216 cm³/mol. The van der Waals surface area contributed by atoms with Gasteiger partial charge < -0.3 is 44.7 Å². The van der Waals surface area contributed by atoms with Crippen LogP contribution in [-0.2, 0) is 42.9 Å². The third kappa shape index (κ3) is 10.3. The van der Waals surface area contributed by atoms with E-state index in [1.54, 1.807) is 51.1 Å². The quantitative estimate of drug-likeness (QED) is 0.0514. The van der Waals surface area contributed by atoms with Gasteiger partial charge in [0.15, 0.2) is 17.5 Å². The first kappa shape index (κ1) is 48.0. The lowest BCUT2D eigenvalue weighted by Crippen LogP contribution is -2.70. The number of carbonyl (C=O) groups is 5. The zero-order valence-corrected chi connectivity index (χ0v) is 36.1. The van der Waals surface area contributed by atoms with Crippen molar-refractivity contribution in [3.8, 4) is 0 Å². The molecule has 1 saturated heterocycles. The highest BCUT2D eigenvalue weighted by Gasteiger charge is 2.65. The molecule has 0 aromatic heterocycles. The van der Waals surface area contributed by atoms with Gasteiger partial charge in [-0.1, -0.05) is 90.1 Å². The molecule has 0 spiro atoms. The molecular formula is C45H67NO13. The number of hydrogen-bond acceptors (Lipinski definition) is 13. The van der Waals surface area contributed by atoms with Gasteiger partial charge in [-0.05, 0) is 50.3 Å². The molecule has 14 nitrogen and oxygen atoms in total. The summed E-state index contributed by atoms with van der Waals surface area (Å²) in [4.78, 5) is 67.0. The minimum Gasteiger partial charge on any atom is -0.460 e. The molecule has 330 valence electrons. The van der Waals surface area contributed by atoms with Gasteiger partial charge in [0.1, 0.15) is 30.0 Å². The van der Waals surface area contributed by atoms with Crippen LogP contribution in [0.25, 0.3) is 0 Å². The SMILES string of the molecule is CCCCCCC(=O)N[C@@H](c1ccccc1)[C@@H](O)C(=O)OC1C[C@@](O)([C@H](C)OC(=O)CCCCC)C(C)(C)C([C@@H](O)C(=O)[C@@]2(C)C[C@]3(OC(C)=O)CO[C@@H]3C[C@@H]2O)=C1C. The molecule has 1 aromatic carbocycles. The Kier molecular flexibility index (Phi) is 16.1. The third-order valence-corrected chi connectivity index (χ3v) is 13.1. The normalized spacial score (nSPS) is 29.5. The Morgan fingerprint density at radius 3 is 2.17 bits per heavy atom. The van der Waals surface area contributed by atoms with Crippen LogP contribution in [0.5, 0.6) is 0 Å². The molecule has 1 heterocycles. The maximum atomic E-state index is 14.7. The van der Waals surface area contributed by atoms with Crippen LogP contribution in [-0.4, -0.2) is 104 Å². The average Bonchev–Trinajstić information content (AvgIpc) is 3.17. The van der Waals surface area contributed by atoms with Gasteiger partial charge in [0.05, 0.1) is 24.2 Å². The minimum absolute atomic E-state index is 0.000672. The molecule has 3 aliphatic rings. The summed E-state index contributed by atoms with van der Waals surface area (Å²) in [6, 6.07) is 7.28. The van der Waals surface area contributed by atoms with Crippen LogP contribution in [0.15, 0.2) is 41.5 Å². The number of ether oxygens (including phenoxy) is 4.